The molecule has 2 aliphatic rings. The molecule has 3 heterocycles. The molecule has 1 fully saturated rings. The number of hydrogen-bond acceptors (Lipinski definition) is 14. The van der Waals surface area contributed by atoms with Gasteiger partial charge in [-0.2, -0.15) is 0 Å². The van der Waals surface area contributed by atoms with Crippen LogP contribution in [-0.2, 0) is 44.1 Å². The molecule has 2 aliphatic heterocycles. The average Bonchev–Trinajstić information content (AvgIpc) is 3.76. The highest BCUT2D eigenvalue weighted by molar-refractivity contribution is 7.90. The van der Waals surface area contributed by atoms with Gasteiger partial charge >= 0.3 is 5.69 Å². The van der Waals surface area contributed by atoms with E-state index in [4.69, 9.17) is 18.9 Å². The van der Waals surface area contributed by atoms with Crippen molar-refractivity contribution in [1.29, 1.82) is 0 Å². The lowest BCUT2D eigenvalue weighted by atomic mass is 10.0. The van der Waals surface area contributed by atoms with Crippen LogP contribution < -0.4 is 40.6 Å². The van der Waals surface area contributed by atoms with Crippen molar-refractivity contribution in [3.8, 4) is 28.7 Å². The summed E-state index contributed by atoms with van der Waals surface area (Å²) in [5.41, 5.74) is 1.30. The summed E-state index contributed by atoms with van der Waals surface area (Å²) >= 11 is 0. The number of fused-ring (bicyclic) bond motifs is 2. The summed E-state index contributed by atoms with van der Waals surface area (Å²) < 4.78 is 55.5. The number of amides is 6. The molecule has 21 heteroatoms. The van der Waals surface area contributed by atoms with Crippen molar-refractivity contribution < 1.29 is 56.1 Å². The Morgan fingerprint density at radius 2 is 1.38 bits per heavy atom. The number of aromatic nitrogens is 2. The number of imidazole rings is 1. The van der Waals surface area contributed by atoms with Crippen LogP contribution in [0.5, 0.6) is 28.7 Å². The van der Waals surface area contributed by atoms with Crippen LogP contribution in [0.2, 0.25) is 0 Å². The lowest BCUT2D eigenvalue weighted by Crippen LogP contribution is -2.54. The first-order valence-electron chi connectivity index (χ1n) is 25.7. The molecule has 6 amide bonds. The monoisotopic (exact) mass is 1070 g/mol. The summed E-state index contributed by atoms with van der Waals surface area (Å²) in [5.74, 6) is -2.20. The number of nitrogens with one attached hydrogen (secondary N) is 3. The van der Waals surface area contributed by atoms with Crippen molar-refractivity contribution in [2.24, 2.45) is 14.1 Å². The lowest BCUT2D eigenvalue weighted by Gasteiger charge is -2.27. The summed E-state index contributed by atoms with van der Waals surface area (Å²) in [7, 11) is 3.23. The van der Waals surface area contributed by atoms with Crippen molar-refractivity contribution in [2.45, 2.75) is 94.2 Å². The number of rotatable bonds is 28. The summed E-state index contributed by atoms with van der Waals surface area (Å²) in [4.78, 5) is 92.2. The number of hydrogen-bond donors (Lipinski definition) is 3. The van der Waals surface area contributed by atoms with Gasteiger partial charge in [-0.25, -0.2) is 13.2 Å². The van der Waals surface area contributed by atoms with E-state index in [9.17, 15) is 42.0 Å². The first-order chi connectivity index (χ1) is 36.4. The molecule has 406 valence electrons. The number of aryl methyl sites for hydroxylation is 2. The molecule has 0 spiro atoms. The molecule has 0 saturated carbocycles. The minimum absolute atomic E-state index is 0.00396. The molecule has 7 rings (SSSR count). The minimum Gasteiger partial charge on any atom is -0.493 e. The normalized spacial score (nSPS) is 14.5. The number of sulfone groups is 1. The van der Waals surface area contributed by atoms with E-state index in [1.54, 1.807) is 50.5 Å². The Balaban J connectivity index is 0.865. The predicted octanol–water partition coefficient (Wildman–Crippen LogP) is 5.82. The average molecular weight is 1070 g/mol. The van der Waals surface area contributed by atoms with Crippen LogP contribution in [0.15, 0.2) is 82.5 Å². The summed E-state index contributed by atoms with van der Waals surface area (Å²) in [5, 5.41) is 7.85. The molecule has 1 unspecified atom stereocenters. The zero-order chi connectivity index (χ0) is 54.5. The highest BCUT2D eigenvalue weighted by Crippen LogP contribution is 2.37. The smallest absolute Gasteiger partial charge is 0.328 e. The van der Waals surface area contributed by atoms with Gasteiger partial charge in [-0.05, 0) is 95.6 Å². The number of ether oxygens (including phenoxy) is 4. The summed E-state index contributed by atoms with van der Waals surface area (Å²) in [6.45, 7) is 4.27. The third-order valence-corrected chi connectivity index (χ3v) is 14.7. The van der Waals surface area contributed by atoms with Gasteiger partial charge in [-0.1, -0.05) is 44.7 Å². The number of imide groups is 2. The Labute approximate surface area is 441 Å². The molecule has 1 atom stereocenters. The number of benzene rings is 4. The molecule has 76 heavy (non-hydrogen) atoms. The second kappa shape index (κ2) is 25.8. The van der Waals surface area contributed by atoms with E-state index in [1.165, 1.54) is 45.5 Å². The summed E-state index contributed by atoms with van der Waals surface area (Å²) in [6.07, 6.45) is 7.46. The second-order valence-corrected chi connectivity index (χ2v) is 21.2. The Hall–Kier alpha value is -7.52. The maximum absolute atomic E-state index is 14.2. The van der Waals surface area contributed by atoms with Crippen LogP contribution in [0.4, 0.5) is 0 Å². The SMILES string of the molecule is CCCOc1cc(OCCCCN(C)C)cc(Oc2cc3c(cc2CS(=O)(=O)c2cccc(C(=O)NCCCCCCCCNC(=O)COc4cccc5c4C(=O)N(C4CCC(=O)NC4=O)C5=O)c2)n(C)c(=O)n3C)c1. The fourth-order valence-electron chi connectivity index (χ4n) is 9.02. The fourth-order valence-corrected chi connectivity index (χ4v) is 10.4. The highest BCUT2D eigenvalue weighted by Gasteiger charge is 2.46. The molecule has 3 N–H and O–H groups in total. The summed E-state index contributed by atoms with van der Waals surface area (Å²) in [6, 6.07) is 17.8. The first kappa shape index (κ1) is 56.2. The van der Waals surface area contributed by atoms with E-state index < -0.39 is 63.7 Å². The van der Waals surface area contributed by atoms with Crippen LogP contribution >= 0.6 is 0 Å². The van der Waals surface area contributed by atoms with Crippen molar-refractivity contribution in [2.75, 3.05) is 53.6 Å². The van der Waals surface area contributed by atoms with Gasteiger partial charge in [0.05, 0.1) is 46.0 Å². The van der Waals surface area contributed by atoms with Crippen LogP contribution in [-0.4, -0.2) is 122 Å². The molecule has 1 saturated heterocycles. The molecule has 5 aromatic rings. The number of carbonyl (C=O) groups excluding carboxylic acids is 6. The van der Waals surface area contributed by atoms with Gasteiger partial charge in [0.2, 0.25) is 11.8 Å². The van der Waals surface area contributed by atoms with Gasteiger partial charge in [-0.15, -0.1) is 0 Å². The van der Waals surface area contributed by atoms with Gasteiger partial charge in [0.15, 0.2) is 16.4 Å². The maximum Gasteiger partial charge on any atom is 0.328 e. The zero-order valence-corrected chi connectivity index (χ0v) is 44.6. The van der Waals surface area contributed by atoms with Crippen LogP contribution in [0.3, 0.4) is 0 Å². The number of nitrogens with zero attached hydrogens (tertiary/aromatic N) is 4. The quantitative estimate of drug-likeness (QED) is 0.0395. The van der Waals surface area contributed by atoms with Crippen LogP contribution in [0.1, 0.15) is 114 Å². The molecule has 0 radical (unpaired) electrons. The fraction of sp³-hybridized carbons (Fsp3) is 0.436. The van der Waals surface area contributed by atoms with Crippen molar-refractivity contribution in [3.05, 3.63) is 106 Å². The van der Waals surface area contributed by atoms with E-state index in [0.717, 1.165) is 56.4 Å². The van der Waals surface area contributed by atoms with Gasteiger partial charge in [0, 0.05) is 69.0 Å². The van der Waals surface area contributed by atoms with E-state index in [2.05, 4.69) is 20.9 Å². The Bertz CT molecular complexity index is 3150. The molecule has 0 bridgehead atoms. The molecule has 20 nitrogen and oxygen atoms in total. The lowest BCUT2D eigenvalue weighted by molar-refractivity contribution is -0.136. The number of carbonyl (C=O) groups is 6. The topological polar surface area (TPSA) is 243 Å². The van der Waals surface area contributed by atoms with Crippen molar-refractivity contribution in [1.82, 2.24) is 34.9 Å². The number of unbranched alkanes of at least 4 members (excludes halogenated alkanes) is 6. The van der Waals surface area contributed by atoms with Crippen LogP contribution in [0, 0.1) is 0 Å². The Morgan fingerprint density at radius 1 is 0.724 bits per heavy atom. The van der Waals surface area contributed by atoms with Crippen LogP contribution in [0.25, 0.3) is 11.0 Å². The first-order valence-corrected chi connectivity index (χ1v) is 27.4. The molecule has 4 aromatic carbocycles. The van der Waals surface area contributed by atoms with Gasteiger partial charge in [0.25, 0.3) is 23.6 Å². The van der Waals surface area contributed by atoms with Crippen molar-refractivity contribution in [3.63, 3.8) is 0 Å². The minimum atomic E-state index is -4.07. The Kier molecular flexibility index (Phi) is 19.1. The number of piperidine rings is 1. The third kappa shape index (κ3) is 14.0. The van der Waals surface area contributed by atoms with Crippen molar-refractivity contribution >= 4 is 56.3 Å². The molecule has 1 aromatic heterocycles. The third-order valence-electron chi connectivity index (χ3n) is 13.1. The Morgan fingerprint density at radius 3 is 2.08 bits per heavy atom. The maximum atomic E-state index is 14.2. The largest absolute Gasteiger partial charge is 0.493 e. The molecular formula is C55H67N7O13S. The standard InChI is InChI=1S/C55H67N7O13S/c1-6-26-72-38-30-39(73-27-14-13-25-59(2)3)32-40(31-38)75-47-33-45-44(60(4)55(69)61(45)5)29-37(47)35-76(70,71)41-18-15-17-36(28-41)51(65)57-24-12-10-8-7-9-11-23-56-49(64)34-74-46-20-16-19-42-50(46)54(68)62(53(42)67)43-21-22-48(63)58-52(43)66/h15-20,28-33,43H,6-14,21-27,34-35H2,1-5H3,(H,56,64)(H,57,65)(H,58,63,66). The van der Waals surface area contributed by atoms with Gasteiger partial charge < -0.3 is 34.5 Å². The van der Waals surface area contributed by atoms with E-state index >= 15 is 0 Å². The second-order valence-electron chi connectivity index (χ2n) is 19.2. The van der Waals surface area contributed by atoms with Gasteiger partial charge in [0.1, 0.15) is 34.8 Å². The highest BCUT2D eigenvalue weighted by atomic mass is 32.2. The molecular weight excluding hydrogens is 999 g/mol. The zero-order valence-electron chi connectivity index (χ0n) is 43.7. The van der Waals surface area contributed by atoms with E-state index in [-0.39, 0.29) is 51.6 Å². The van der Waals surface area contributed by atoms with Gasteiger partial charge in [-0.3, -0.25) is 48.1 Å². The molecule has 0 aliphatic carbocycles. The van der Waals surface area contributed by atoms with E-state index in [1.807, 2.05) is 21.0 Å². The predicted molar refractivity (Wildman–Crippen MR) is 283 cm³/mol. The van der Waals surface area contributed by atoms with E-state index in [0.29, 0.717) is 73.0 Å².